The molecule has 6 nitrogen and oxygen atoms in total. The lowest BCUT2D eigenvalue weighted by molar-refractivity contribution is -0.139. The zero-order chi connectivity index (χ0) is 15.7. The Morgan fingerprint density at radius 2 is 1.81 bits per heavy atom. The maximum absolute atomic E-state index is 11.7. The van der Waals surface area contributed by atoms with Crippen LogP contribution in [-0.4, -0.2) is 40.9 Å². The summed E-state index contributed by atoms with van der Waals surface area (Å²) >= 11 is 0. The van der Waals surface area contributed by atoms with E-state index in [1.165, 1.54) is 5.56 Å². The van der Waals surface area contributed by atoms with Crippen molar-refractivity contribution >= 4 is 12.0 Å². The molecule has 6 heteroatoms. The van der Waals surface area contributed by atoms with Crippen LogP contribution in [0.2, 0.25) is 0 Å². The van der Waals surface area contributed by atoms with Crippen LogP contribution in [0.4, 0.5) is 4.79 Å². The van der Waals surface area contributed by atoms with Crippen LogP contribution in [0, 0.1) is 0 Å². The summed E-state index contributed by atoms with van der Waals surface area (Å²) in [6.45, 7) is 1.57. The Morgan fingerprint density at radius 1 is 1.14 bits per heavy atom. The minimum Gasteiger partial charge on any atom is -0.480 e. The van der Waals surface area contributed by atoms with Gasteiger partial charge in [-0.05, 0) is 25.3 Å². The second-order valence-corrected chi connectivity index (χ2v) is 4.95. The fourth-order valence-electron chi connectivity index (χ4n) is 1.91. The predicted molar refractivity (Wildman–Crippen MR) is 79.0 cm³/mol. The molecule has 0 bridgehead atoms. The SMILES string of the molecule is CC(CCc1ccccc1)NC(=O)NC(CCO)C(=O)O. The number of nitrogens with one attached hydrogen (secondary N) is 2. The van der Waals surface area contributed by atoms with E-state index in [1.54, 1.807) is 0 Å². The lowest BCUT2D eigenvalue weighted by atomic mass is 10.1. The molecule has 0 aliphatic carbocycles. The second kappa shape index (κ2) is 8.97. The summed E-state index contributed by atoms with van der Waals surface area (Å²) in [7, 11) is 0. The van der Waals surface area contributed by atoms with E-state index in [4.69, 9.17) is 10.2 Å². The minimum atomic E-state index is -1.16. The number of aliphatic hydroxyl groups is 1. The first-order chi connectivity index (χ1) is 10.0. The topological polar surface area (TPSA) is 98.7 Å². The number of aryl methyl sites for hydroxylation is 1. The zero-order valence-corrected chi connectivity index (χ0v) is 12.1. The van der Waals surface area contributed by atoms with Gasteiger partial charge in [-0.25, -0.2) is 9.59 Å². The van der Waals surface area contributed by atoms with Gasteiger partial charge in [-0.1, -0.05) is 30.3 Å². The highest BCUT2D eigenvalue weighted by molar-refractivity contribution is 5.82. The molecule has 2 atom stereocenters. The van der Waals surface area contributed by atoms with Crippen LogP contribution >= 0.6 is 0 Å². The number of carboxylic acids is 1. The Hall–Kier alpha value is -2.08. The van der Waals surface area contributed by atoms with Crippen LogP contribution in [0.1, 0.15) is 25.3 Å². The molecule has 1 aromatic rings. The van der Waals surface area contributed by atoms with E-state index in [0.29, 0.717) is 0 Å². The summed E-state index contributed by atoms with van der Waals surface area (Å²) in [6, 6.07) is 8.25. The van der Waals surface area contributed by atoms with Crippen molar-refractivity contribution in [2.24, 2.45) is 0 Å². The van der Waals surface area contributed by atoms with Crippen molar-refractivity contribution in [3.63, 3.8) is 0 Å². The maximum atomic E-state index is 11.7. The summed E-state index contributed by atoms with van der Waals surface area (Å²) in [5.74, 6) is -1.16. The molecule has 0 aliphatic heterocycles. The van der Waals surface area contributed by atoms with E-state index in [-0.39, 0.29) is 19.1 Å². The maximum Gasteiger partial charge on any atom is 0.326 e. The largest absolute Gasteiger partial charge is 0.480 e. The van der Waals surface area contributed by atoms with Crippen LogP contribution in [-0.2, 0) is 11.2 Å². The van der Waals surface area contributed by atoms with Crippen LogP contribution in [0.25, 0.3) is 0 Å². The first-order valence-corrected chi connectivity index (χ1v) is 6.97. The number of benzene rings is 1. The highest BCUT2D eigenvalue weighted by Gasteiger charge is 2.19. The Kier molecular flexibility index (Phi) is 7.25. The standard InChI is InChI=1S/C15H22N2O4/c1-11(7-8-12-5-3-2-4-6-12)16-15(21)17-13(9-10-18)14(19)20/h2-6,11,13,18H,7-10H2,1H3,(H,19,20)(H2,16,17,21). The summed E-state index contributed by atoms with van der Waals surface area (Å²) in [4.78, 5) is 22.6. The summed E-state index contributed by atoms with van der Waals surface area (Å²) in [5.41, 5.74) is 1.19. The molecule has 0 saturated carbocycles. The van der Waals surface area contributed by atoms with Gasteiger partial charge in [-0.2, -0.15) is 0 Å². The number of aliphatic hydroxyl groups excluding tert-OH is 1. The number of urea groups is 1. The van der Waals surface area contributed by atoms with E-state index in [1.807, 2.05) is 37.3 Å². The van der Waals surface area contributed by atoms with Crippen molar-refractivity contribution < 1.29 is 19.8 Å². The van der Waals surface area contributed by atoms with Crippen molar-refractivity contribution in [3.8, 4) is 0 Å². The summed E-state index contributed by atoms with van der Waals surface area (Å²) in [5, 5.41) is 22.7. The molecule has 0 fully saturated rings. The summed E-state index contributed by atoms with van der Waals surface area (Å²) in [6.07, 6.45) is 1.58. The quantitative estimate of drug-likeness (QED) is 0.578. The number of rotatable bonds is 8. The molecule has 1 rings (SSSR count). The van der Waals surface area contributed by atoms with E-state index < -0.39 is 18.0 Å². The van der Waals surface area contributed by atoms with Crippen molar-refractivity contribution in [1.29, 1.82) is 0 Å². The van der Waals surface area contributed by atoms with E-state index >= 15 is 0 Å². The second-order valence-electron chi connectivity index (χ2n) is 4.95. The third kappa shape index (κ3) is 6.76. The number of carboxylic acid groups (broad SMARTS) is 1. The molecular formula is C15H22N2O4. The smallest absolute Gasteiger partial charge is 0.326 e. The number of amides is 2. The van der Waals surface area contributed by atoms with E-state index in [2.05, 4.69) is 10.6 Å². The molecule has 2 amide bonds. The molecule has 21 heavy (non-hydrogen) atoms. The molecule has 0 aromatic heterocycles. The Labute approximate surface area is 124 Å². The van der Waals surface area contributed by atoms with Gasteiger partial charge in [0.1, 0.15) is 6.04 Å². The lowest BCUT2D eigenvalue weighted by Gasteiger charge is -2.18. The van der Waals surface area contributed by atoms with Gasteiger partial charge in [0.05, 0.1) is 0 Å². The third-order valence-electron chi connectivity index (χ3n) is 3.11. The van der Waals surface area contributed by atoms with Gasteiger partial charge in [0.15, 0.2) is 0 Å². The van der Waals surface area contributed by atoms with Gasteiger partial charge in [-0.3, -0.25) is 0 Å². The third-order valence-corrected chi connectivity index (χ3v) is 3.11. The molecular weight excluding hydrogens is 272 g/mol. The number of aliphatic carboxylic acids is 1. The van der Waals surface area contributed by atoms with Gasteiger partial charge < -0.3 is 20.8 Å². The molecule has 2 unspecified atom stereocenters. The average Bonchev–Trinajstić information content (AvgIpc) is 2.45. The fraction of sp³-hybridized carbons (Fsp3) is 0.467. The van der Waals surface area contributed by atoms with Crippen molar-refractivity contribution in [1.82, 2.24) is 10.6 Å². The van der Waals surface area contributed by atoms with Crippen LogP contribution in [0.5, 0.6) is 0 Å². The van der Waals surface area contributed by atoms with Crippen molar-refractivity contribution in [2.75, 3.05) is 6.61 Å². The molecule has 0 heterocycles. The first kappa shape index (κ1) is 17.0. The number of hydrogen-bond acceptors (Lipinski definition) is 3. The van der Waals surface area contributed by atoms with Crippen molar-refractivity contribution in [2.45, 2.75) is 38.3 Å². The van der Waals surface area contributed by atoms with Crippen molar-refractivity contribution in [3.05, 3.63) is 35.9 Å². The van der Waals surface area contributed by atoms with Gasteiger partial charge in [-0.15, -0.1) is 0 Å². The van der Waals surface area contributed by atoms with Gasteiger partial charge in [0, 0.05) is 19.1 Å². The Morgan fingerprint density at radius 3 is 2.38 bits per heavy atom. The van der Waals surface area contributed by atoms with Gasteiger partial charge in [0.25, 0.3) is 0 Å². The van der Waals surface area contributed by atoms with Gasteiger partial charge in [0.2, 0.25) is 0 Å². The monoisotopic (exact) mass is 294 g/mol. The molecule has 1 aromatic carbocycles. The zero-order valence-electron chi connectivity index (χ0n) is 12.1. The normalized spacial score (nSPS) is 13.2. The molecule has 4 N–H and O–H groups in total. The van der Waals surface area contributed by atoms with Crippen LogP contribution < -0.4 is 10.6 Å². The Balaban J connectivity index is 2.34. The van der Waals surface area contributed by atoms with E-state index in [9.17, 15) is 9.59 Å². The molecule has 116 valence electrons. The lowest BCUT2D eigenvalue weighted by Crippen LogP contribution is -2.48. The summed E-state index contributed by atoms with van der Waals surface area (Å²) < 4.78 is 0. The number of hydrogen-bond donors (Lipinski definition) is 4. The van der Waals surface area contributed by atoms with Gasteiger partial charge >= 0.3 is 12.0 Å². The highest BCUT2D eigenvalue weighted by atomic mass is 16.4. The number of carbonyl (C=O) groups excluding carboxylic acids is 1. The number of carbonyl (C=O) groups is 2. The fourth-order valence-corrected chi connectivity index (χ4v) is 1.91. The minimum absolute atomic E-state index is 0.0127. The average molecular weight is 294 g/mol. The van der Waals surface area contributed by atoms with E-state index in [0.717, 1.165) is 12.8 Å². The van der Waals surface area contributed by atoms with Crippen LogP contribution in [0.3, 0.4) is 0 Å². The Bertz CT molecular complexity index is 450. The molecule has 0 saturated heterocycles. The highest BCUT2D eigenvalue weighted by Crippen LogP contribution is 2.04. The first-order valence-electron chi connectivity index (χ1n) is 6.97. The predicted octanol–water partition coefficient (Wildman–Crippen LogP) is 1.14. The molecule has 0 radical (unpaired) electrons. The van der Waals surface area contributed by atoms with Crippen LogP contribution in [0.15, 0.2) is 30.3 Å². The molecule has 0 aliphatic rings. The molecule has 0 spiro atoms.